The number of morpholine rings is 1. The van der Waals surface area contributed by atoms with Gasteiger partial charge < -0.3 is 9.64 Å². The van der Waals surface area contributed by atoms with Crippen molar-refractivity contribution in [2.75, 3.05) is 25.0 Å². The Hall–Kier alpha value is -1.56. The van der Waals surface area contributed by atoms with Crippen LogP contribution in [0.5, 0.6) is 0 Å². The second-order valence-electron chi connectivity index (χ2n) is 6.96. The van der Waals surface area contributed by atoms with E-state index in [0.29, 0.717) is 37.5 Å². The van der Waals surface area contributed by atoms with Crippen LogP contribution in [0.15, 0.2) is 12.3 Å². The highest BCUT2D eigenvalue weighted by atomic mass is 16.5. The Morgan fingerprint density at radius 2 is 2.13 bits per heavy atom. The van der Waals surface area contributed by atoms with E-state index >= 15 is 0 Å². The monoisotopic (exact) mass is 320 g/mol. The molecule has 1 saturated heterocycles. The first-order chi connectivity index (χ1) is 11.1. The molecule has 1 saturated carbocycles. The Balaban J connectivity index is 1.55. The van der Waals surface area contributed by atoms with Crippen molar-refractivity contribution in [1.29, 1.82) is 0 Å². The third-order valence-corrected chi connectivity index (χ3v) is 4.93. The third kappa shape index (κ3) is 4.05. The molecule has 0 aromatic carbocycles. The number of urea groups is 1. The maximum absolute atomic E-state index is 12.5. The van der Waals surface area contributed by atoms with Gasteiger partial charge in [0.2, 0.25) is 0 Å². The molecule has 1 aliphatic carbocycles. The molecule has 128 valence electrons. The van der Waals surface area contributed by atoms with Crippen LogP contribution in [0.25, 0.3) is 0 Å². The quantitative estimate of drug-likeness (QED) is 0.930. The van der Waals surface area contributed by atoms with E-state index in [-0.39, 0.29) is 12.1 Å². The van der Waals surface area contributed by atoms with E-state index < -0.39 is 0 Å². The van der Waals surface area contributed by atoms with Crippen molar-refractivity contribution < 1.29 is 9.53 Å². The number of hydrogen-bond donors (Lipinski definition) is 1. The molecular weight excluding hydrogens is 292 g/mol. The summed E-state index contributed by atoms with van der Waals surface area (Å²) < 4.78 is 7.79. The van der Waals surface area contributed by atoms with Crippen molar-refractivity contribution in [2.24, 2.45) is 5.92 Å². The van der Waals surface area contributed by atoms with Gasteiger partial charge in [0.1, 0.15) is 0 Å². The van der Waals surface area contributed by atoms with Crippen LogP contribution in [0.3, 0.4) is 0 Å². The van der Waals surface area contributed by atoms with Gasteiger partial charge in [-0.2, -0.15) is 5.10 Å². The van der Waals surface area contributed by atoms with Gasteiger partial charge in [0, 0.05) is 31.4 Å². The smallest absolute Gasteiger partial charge is 0.323 e. The zero-order valence-electron chi connectivity index (χ0n) is 14.2. The predicted molar refractivity (Wildman–Crippen MR) is 89.5 cm³/mol. The van der Waals surface area contributed by atoms with Gasteiger partial charge in [-0.25, -0.2) is 4.79 Å². The van der Waals surface area contributed by atoms with Gasteiger partial charge >= 0.3 is 6.03 Å². The fourth-order valence-electron chi connectivity index (χ4n) is 3.53. The van der Waals surface area contributed by atoms with E-state index in [1.54, 1.807) is 0 Å². The van der Waals surface area contributed by atoms with Gasteiger partial charge in [0.25, 0.3) is 0 Å². The molecule has 2 aliphatic rings. The van der Waals surface area contributed by atoms with Crippen LogP contribution in [0.1, 0.15) is 52.0 Å². The number of nitrogens with zero attached hydrogens (tertiary/aromatic N) is 3. The van der Waals surface area contributed by atoms with Gasteiger partial charge in [-0.05, 0) is 32.6 Å². The number of hydrogen-bond acceptors (Lipinski definition) is 3. The second kappa shape index (κ2) is 7.34. The first kappa shape index (κ1) is 16.3. The molecule has 0 bridgehead atoms. The molecule has 2 heterocycles. The van der Waals surface area contributed by atoms with E-state index in [2.05, 4.69) is 24.3 Å². The van der Waals surface area contributed by atoms with Crippen molar-refractivity contribution in [3.05, 3.63) is 12.3 Å². The fraction of sp³-hybridized carbons (Fsp3) is 0.765. The molecule has 2 amide bonds. The van der Waals surface area contributed by atoms with Crippen molar-refractivity contribution in [3.8, 4) is 0 Å². The number of ether oxygens (including phenoxy) is 1. The van der Waals surface area contributed by atoms with Crippen LogP contribution in [-0.4, -0.2) is 46.5 Å². The molecule has 1 aromatic heterocycles. The maximum atomic E-state index is 12.5. The summed E-state index contributed by atoms with van der Waals surface area (Å²) in [5.41, 5.74) is 0. The predicted octanol–water partition coefficient (Wildman–Crippen LogP) is 3.28. The summed E-state index contributed by atoms with van der Waals surface area (Å²) in [6.45, 7) is 6.11. The number of rotatable bonds is 3. The molecule has 1 N–H and O–H groups in total. The van der Waals surface area contributed by atoms with Crippen molar-refractivity contribution >= 4 is 11.8 Å². The minimum Gasteiger partial charge on any atom is -0.374 e. The number of carbonyl (C=O) groups is 1. The highest BCUT2D eigenvalue weighted by Crippen LogP contribution is 2.29. The lowest BCUT2D eigenvalue weighted by Crippen LogP contribution is -2.50. The highest BCUT2D eigenvalue weighted by molar-refractivity contribution is 5.88. The molecule has 2 fully saturated rings. The molecule has 1 aromatic rings. The molecule has 0 unspecified atom stereocenters. The van der Waals surface area contributed by atoms with Crippen LogP contribution >= 0.6 is 0 Å². The van der Waals surface area contributed by atoms with E-state index in [9.17, 15) is 4.79 Å². The van der Waals surface area contributed by atoms with Crippen molar-refractivity contribution in [3.63, 3.8) is 0 Å². The van der Waals surface area contributed by atoms with E-state index in [1.807, 2.05) is 21.8 Å². The van der Waals surface area contributed by atoms with Crippen LogP contribution in [0, 0.1) is 5.92 Å². The zero-order chi connectivity index (χ0) is 16.2. The first-order valence-electron chi connectivity index (χ1n) is 8.86. The minimum absolute atomic E-state index is 0.0666. The normalized spacial score (nSPS) is 23.3. The number of aromatic nitrogens is 2. The lowest BCUT2D eigenvalue weighted by Gasteiger charge is -2.38. The Morgan fingerprint density at radius 3 is 2.83 bits per heavy atom. The topological polar surface area (TPSA) is 59.4 Å². The molecular formula is C17H28N4O2. The lowest BCUT2D eigenvalue weighted by molar-refractivity contribution is -0.0511. The van der Waals surface area contributed by atoms with Gasteiger partial charge in [-0.15, -0.1) is 0 Å². The van der Waals surface area contributed by atoms with Crippen molar-refractivity contribution in [2.45, 2.75) is 58.1 Å². The van der Waals surface area contributed by atoms with Gasteiger partial charge in [-0.3, -0.25) is 10.00 Å². The van der Waals surface area contributed by atoms with E-state index in [4.69, 9.17) is 4.74 Å². The molecule has 0 radical (unpaired) electrons. The van der Waals surface area contributed by atoms with Crippen LogP contribution in [-0.2, 0) is 4.74 Å². The van der Waals surface area contributed by atoms with Gasteiger partial charge in [0.15, 0.2) is 5.82 Å². The maximum Gasteiger partial charge on any atom is 0.323 e. The summed E-state index contributed by atoms with van der Waals surface area (Å²) in [5.74, 6) is 1.23. The molecule has 1 atom stereocenters. The van der Waals surface area contributed by atoms with Crippen LogP contribution < -0.4 is 5.32 Å². The first-order valence-corrected chi connectivity index (χ1v) is 8.86. The highest BCUT2D eigenvalue weighted by Gasteiger charge is 2.31. The average Bonchev–Trinajstić information content (AvgIpc) is 3.04. The van der Waals surface area contributed by atoms with Gasteiger partial charge in [0.05, 0.1) is 12.7 Å². The largest absolute Gasteiger partial charge is 0.374 e. The third-order valence-electron chi connectivity index (χ3n) is 4.93. The fourth-order valence-corrected chi connectivity index (χ4v) is 3.53. The average molecular weight is 320 g/mol. The van der Waals surface area contributed by atoms with Gasteiger partial charge in [-0.1, -0.05) is 19.3 Å². The summed E-state index contributed by atoms with van der Waals surface area (Å²) in [7, 11) is 0. The standard InChI is InChI=1S/C17H28N4O2/c1-13(2)21-9-8-16(19-21)18-17(22)20-10-11-23-15(12-20)14-6-4-3-5-7-14/h8-9,13-15H,3-7,10-12H2,1-2H3,(H,18,19,22)/t15-/m1/s1. The van der Waals surface area contributed by atoms with Crippen LogP contribution in [0.2, 0.25) is 0 Å². The summed E-state index contributed by atoms with van der Waals surface area (Å²) >= 11 is 0. The summed E-state index contributed by atoms with van der Waals surface area (Å²) in [6, 6.07) is 2.07. The number of amides is 2. The molecule has 6 nitrogen and oxygen atoms in total. The summed E-state index contributed by atoms with van der Waals surface area (Å²) in [4.78, 5) is 14.4. The molecule has 3 rings (SSSR count). The lowest BCUT2D eigenvalue weighted by atomic mass is 9.84. The Kier molecular flexibility index (Phi) is 5.20. The Morgan fingerprint density at radius 1 is 1.35 bits per heavy atom. The SMILES string of the molecule is CC(C)n1ccc(NC(=O)N2CCO[C@@H](C3CCCCC3)C2)n1. The van der Waals surface area contributed by atoms with Crippen molar-refractivity contribution in [1.82, 2.24) is 14.7 Å². The van der Waals surface area contributed by atoms with Crippen LogP contribution in [0.4, 0.5) is 10.6 Å². The molecule has 1 aliphatic heterocycles. The molecule has 23 heavy (non-hydrogen) atoms. The molecule has 6 heteroatoms. The van der Waals surface area contributed by atoms with E-state index in [0.717, 1.165) is 0 Å². The molecule has 0 spiro atoms. The number of nitrogens with one attached hydrogen (secondary N) is 1. The minimum atomic E-state index is -0.0666. The number of anilines is 1. The Bertz CT molecular complexity index is 522. The second-order valence-corrected chi connectivity index (χ2v) is 6.96. The summed E-state index contributed by atoms with van der Waals surface area (Å²) in [6.07, 6.45) is 8.49. The Labute approximate surface area is 138 Å². The number of carbonyl (C=O) groups excluding carboxylic acids is 1. The zero-order valence-corrected chi connectivity index (χ0v) is 14.2. The summed E-state index contributed by atoms with van der Waals surface area (Å²) in [5, 5.41) is 7.29. The van der Waals surface area contributed by atoms with E-state index in [1.165, 1.54) is 32.1 Å².